The maximum absolute atomic E-state index is 12.5. The van der Waals surface area contributed by atoms with Crippen LogP contribution in [0.25, 0.3) is 16.7 Å². The van der Waals surface area contributed by atoms with Gasteiger partial charge < -0.3 is 10.6 Å². The first-order valence-electron chi connectivity index (χ1n) is 9.29. The summed E-state index contributed by atoms with van der Waals surface area (Å²) < 4.78 is 1.50. The largest absolute Gasteiger partial charge is 0.344 e. The predicted octanol–water partition coefficient (Wildman–Crippen LogP) is 3.51. The third-order valence-electron chi connectivity index (χ3n) is 4.58. The Morgan fingerprint density at radius 1 is 1.17 bits per heavy atom. The second-order valence-corrected chi connectivity index (χ2v) is 7.29. The summed E-state index contributed by atoms with van der Waals surface area (Å²) in [7, 11) is 0. The van der Waals surface area contributed by atoms with Crippen molar-refractivity contribution in [2.45, 2.75) is 19.9 Å². The summed E-state index contributed by atoms with van der Waals surface area (Å²) in [5.41, 5.74) is 2.35. The molecule has 4 rings (SSSR count). The van der Waals surface area contributed by atoms with Crippen LogP contribution >= 0.6 is 11.6 Å². The van der Waals surface area contributed by atoms with E-state index in [2.05, 4.69) is 25.7 Å². The molecule has 8 nitrogen and oxygen atoms in total. The first kappa shape index (κ1) is 19.7. The van der Waals surface area contributed by atoms with Crippen LogP contribution in [0.15, 0.2) is 59.5 Å². The van der Waals surface area contributed by atoms with Crippen LogP contribution in [0.3, 0.4) is 0 Å². The molecule has 0 aliphatic rings. The summed E-state index contributed by atoms with van der Waals surface area (Å²) in [6.07, 6.45) is 1.43. The van der Waals surface area contributed by atoms with E-state index < -0.39 is 6.04 Å². The van der Waals surface area contributed by atoms with Crippen molar-refractivity contribution < 1.29 is 4.79 Å². The molecule has 0 aliphatic heterocycles. The van der Waals surface area contributed by atoms with Crippen molar-refractivity contribution in [3.63, 3.8) is 0 Å². The summed E-state index contributed by atoms with van der Waals surface area (Å²) in [6.45, 7) is 3.65. The van der Waals surface area contributed by atoms with Crippen LogP contribution in [0.1, 0.15) is 12.5 Å². The molecule has 3 N–H and O–H groups in total. The van der Waals surface area contributed by atoms with Crippen LogP contribution < -0.4 is 16.2 Å². The number of hydrogen-bond acceptors (Lipinski definition) is 5. The van der Waals surface area contributed by atoms with E-state index in [0.717, 1.165) is 5.56 Å². The Labute approximate surface area is 176 Å². The number of rotatable bonds is 5. The molecule has 0 spiro atoms. The van der Waals surface area contributed by atoms with Crippen molar-refractivity contribution in [3.05, 3.63) is 75.7 Å². The van der Waals surface area contributed by atoms with E-state index in [9.17, 15) is 9.59 Å². The second-order valence-electron chi connectivity index (χ2n) is 6.88. The van der Waals surface area contributed by atoms with E-state index in [-0.39, 0.29) is 17.4 Å². The van der Waals surface area contributed by atoms with Crippen molar-refractivity contribution in [1.29, 1.82) is 0 Å². The Morgan fingerprint density at radius 2 is 1.90 bits per heavy atom. The Hall–Kier alpha value is -3.65. The molecule has 1 unspecified atom stereocenters. The number of nitrogens with zero attached hydrogens (tertiary/aromatic N) is 3. The number of carbonyl (C=O) groups is 1. The van der Waals surface area contributed by atoms with Crippen LogP contribution in [-0.4, -0.2) is 31.7 Å². The third kappa shape index (κ3) is 3.90. The number of benzene rings is 2. The number of halogens is 1. The maximum Gasteiger partial charge on any atom is 0.263 e. The topological polar surface area (TPSA) is 105 Å². The summed E-state index contributed by atoms with van der Waals surface area (Å²) in [4.78, 5) is 32.1. The lowest BCUT2D eigenvalue weighted by Gasteiger charge is -2.14. The molecule has 0 fully saturated rings. The van der Waals surface area contributed by atoms with Crippen LogP contribution in [0.5, 0.6) is 0 Å². The van der Waals surface area contributed by atoms with Crippen molar-refractivity contribution in [2.75, 3.05) is 10.6 Å². The van der Waals surface area contributed by atoms with Gasteiger partial charge >= 0.3 is 0 Å². The second kappa shape index (κ2) is 8.00. The highest BCUT2D eigenvalue weighted by Crippen LogP contribution is 2.22. The van der Waals surface area contributed by atoms with Crippen molar-refractivity contribution in [3.8, 4) is 5.69 Å². The van der Waals surface area contributed by atoms with Crippen LogP contribution in [0.2, 0.25) is 5.02 Å². The van der Waals surface area contributed by atoms with Gasteiger partial charge in [0.15, 0.2) is 5.65 Å². The molecule has 4 aromatic rings. The van der Waals surface area contributed by atoms with Gasteiger partial charge in [0.25, 0.3) is 5.56 Å². The average Bonchev–Trinajstić information content (AvgIpc) is 3.14. The fourth-order valence-electron chi connectivity index (χ4n) is 2.94. The van der Waals surface area contributed by atoms with Gasteiger partial charge in [0.1, 0.15) is 11.4 Å². The van der Waals surface area contributed by atoms with E-state index in [1.54, 1.807) is 25.1 Å². The Balaban J connectivity index is 1.60. The van der Waals surface area contributed by atoms with Gasteiger partial charge in [-0.25, -0.2) is 4.68 Å². The molecule has 2 aromatic carbocycles. The normalized spacial score (nSPS) is 12.0. The highest BCUT2D eigenvalue weighted by Gasteiger charge is 2.17. The van der Waals surface area contributed by atoms with Gasteiger partial charge in [-0.1, -0.05) is 41.4 Å². The first-order chi connectivity index (χ1) is 14.4. The van der Waals surface area contributed by atoms with Gasteiger partial charge in [0.2, 0.25) is 11.9 Å². The number of aromatic amines is 1. The SMILES string of the molecule is Cc1ccc(NC(=O)C(C)Nc2nc3c(cnn3-c3ccccc3Cl)c(=O)[nH]2)cc1. The average molecular weight is 423 g/mol. The molecule has 1 atom stereocenters. The number of carbonyl (C=O) groups excluding carboxylic acids is 1. The number of aromatic nitrogens is 4. The zero-order valence-corrected chi connectivity index (χ0v) is 17.1. The van der Waals surface area contributed by atoms with Crippen LogP contribution in [0.4, 0.5) is 11.6 Å². The highest BCUT2D eigenvalue weighted by molar-refractivity contribution is 6.32. The van der Waals surface area contributed by atoms with Crippen LogP contribution in [0, 0.1) is 6.92 Å². The van der Waals surface area contributed by atoms with E-state index in [1.165, 1.54) is 10.9 Å². The number of amides is 1. The van der Waals surface area contributed by atoms with E-state index in [1.807, 2.05) is 37.3 Å². The van der Waals surface area contributed by atoms with Gasteiger partial charge in [0, 0.05) is 5.69 Å². The Kier molecular flexibility index (Phi) is 5.24. The standard InChI is InChI=1S/C21H19ClN6O2/c1-12-7-9-14(10-8-12)25-19(29)13(2)24-21-26-18-15(20(30)27-21)11-23-28(18)17-6-4-3-5-16(17)22/h3-11,13H,1-2H3,(H,25,29)(H2,24,26,27,30). The maximum atomic E-state index is 12.5. The third-order valence-corrected chi connectivity index (χ3v) is 4.90. The molecule has 0 saturated heterocycles. The first-order valence-corrected chi connectivity index (χ1v) is 9.67. The minimum atomic E-state index is -0.649. The number of fused-ring (bicyclic) bond motifs is 1. The monoisotopic (exact) mass is 422 g/mol. The highest BCUT2D eigenvalue weighted by atomic mass is 35.5. The minimum absolute atomic E-state index is 0.160. The minimum Gasteiger partial charge on any atom is -0.344 e. The fourth-order valence-corrected chi connectivity index (χ4v) is 3.16. The molecule has 30 heavy (non-hydrogen) atoms. The quantitative estimate of drug-likeness (QED) is 0.456. The zero-order chi connectivity index (χ0) is 21.3. The molecule has 9 heteroatoms. The lowest BCUT2D eigenvalue weighted by molar-refractivity contribution is -0.116. The van der Waals surface area contributed by atoms with Crippen molar-refractivity contribution >= 4 is 40.2 Å². The lowest BCUT2D eigenvalue weighted by Crippen LogP contribution is -2.33. The van der Waals surface area contributed by atoms with E-state index >= 15 is 0 Å². The Morgan fingerprint density at radius 3 is 2.63 bits per heavy atom. The molecule has 152 valence electrons. The van der Waals surface area contributed by atoms with Gasteiger partial charge in [-0.3, -0.25) is 14.6 Å². The van der Waals surface area contributed by atoms with E-state index in [4.69, 9.17) is 11.6 Å². The van der Waals surface area contributed by atoms with Crippen LogP contribution in [-0.2, 0) is 4.79 Å². The lowest BCUT2D eigenvalue weighted by atomic mass is 10.2. The molecule has 0 radical (unpaired) electrons. The predicted molar refractivity (Wildman–Crippen MR) is 117 cm³/mol. The molecule has 2 aromatic heterocycles. The van der Waals surface area contributed by atoms with Gasteiger partial charge in [-0.15, -0.1) is 0 Å². The molecular formula is C21H19ClN6O2. The molecule has 0 saturated carbocycles. The summed E-state index contributed by atoms with van der Waals surface area (Å²) in [5.74, 6) is -0.103. The molecule has 2 heterocycles. The number of anilines is 2. The number of para-hydroxylation sites is 1. The number of nitrogens with one attached hydrogen (secondary N) is 3. The van der Waals surface area contributed by atoms with E-state index in [0.29, 0.717) is 27.4 Å². The number of hydrogen-bond donors (Lipinski definition) is 3. The van der Waals surface area contributed by atoms with Gasteiger partial charge in [0.05, 0.1) is 16.9 Å². The van der Waals surface area contributed by atoms with Crippen molar-refractivity contribution in [1.82, 2.24) is 19.7 Å². The molecule has 0 aliphatic carbocycles. The zero-order valence-electron chi connectivity index (χ0n) is 16.3. The summed E-state index contributed by atoms with van der Waals surface area (Å²) >= 11 is 6.27. The molecular weight excluding hydrogens is 404 g/mol. The number of H-pyrrole nitrogens is 1. The summed E-state index contributed by atoms with van der Waals surface area (Å²) in [5, 5.41) is 10.8. The number of aryl methyl sites for hydroxylation is 1. The van der Waals surface area contributed by atoms with Crippen molar-refractivity contribution in [2.24, 2.45) is 0 Å². The summed E-state index contributed by atoms with van der Waals surface area (Å²) in [6, 6.07) is 14.0. The Bertz CT molecular complexity index is 1280. The smallest absolute Gasteiger partial charge is 0.263 e. The fraction of sp³-hybridized carbons (Fsp3) is 0.143. The molecule has 1 amide bonds. The van der Waals surface area contributed by atoms with Gasteiger partial charge in [-0.05, 0) is 38.1 Å². The van der Waals surface area contributed by atoms with Gasteiger partial charge in [-0.2, -0.15) is 10.1 Å². The molecule has 0 bridgehead atoms.